The minimum atomic E-state index is -1.25. The van der Waals surface area contributed by atoms with E-state index in [1.165, 1.54) is 10.9 Å². The van der Waals surface area contributed by atoms with Crippen molar-refractivity contribution in [3.8, 4) is 17.0 Å². The molecular formula is C22H26ClFN6O2. The molecule has 1 aliphatic rings. The first kappa shape index (κ1) is 22.3. The molecule has 10 heteroatoms. The van der Waals surface area contributed by atoms with Crippen LogP contribution in [0.4, 0.5) is 10.1 Å². The molecule has 0 aliphatic carbocycles. The zero-order valence-corrected chi connectivity index (χ0v) is 19.3. The van der Waals surface area contributed by atoms with Crippen LogP contribution in [-0.2, 0) is 13.6 Å². The minimum absolute atomic E-state index is 0.0509. The Morgan fingerprint density at radius 2 is 2.09 bits per heavy atom. The van der Waals surface area contributed by atoms with Crippen LogP contribution in [0.1, 0.15) is 24.7 Å². The third-order valence-corrected chi connectivity index (χ3v) is 6.08. The molecule has 0 amide bonds. The number of anilines is 1. The summed E-state index contributed by atoms with van der Waals surface area (Å²) >= 11 is 6.30. The van der Waals surface area contributed by atoms with Crippen LogP contribution in [0.2, 0.25) is 5.02 Å². The van der Waals surface area contributed by atoms with E-state index in [-0.39, 0.29) is 23.7 Å². The van der Waals surface area contributed by atoms with Gasteiger partial charge in [0.15, 0.2) is 6.17 Å². The highest BCUT2D eigenvalue weighted by molar-refractivity contribution is 6.33. The summed E-state index contributed by atoms with van der Waals surface area (Å²) in [6.45, 7) is 6.66. The fourth-order valence-corrected chi connectivity index (χ4v) is 4.30. The van der Waals surface area contributed by atoms with E-state index in [0.29, 0.717) is 18.0 Å². The van der Waals surface area contributed by atoms with Crippen molar-refractivity contribution in [2.45, 2.75) is 46.0 Å². The molecule has 2 atom stereocenters. The lowest BCUT2D eigenvalue weighted by Crippen LogP contribution is -2.30. The largest absolute Gasteiger partial charge is 0.485 e. The fraction of sp³-hybridized carbons (Fsp3) is 0.455. The maximum absolute atomic E-state index is 14.9. The van der Waals surface area contributed by atoms with Crippen LogP contribution >= 0.6 is 11.6 Å². The number of hydrogen-bond donors (Lipinski definition) is 0. The van der Waals surface area contributed by atoms with Gasteiger partial charge in [-0.15, -0.1) is 0 Å². The van der Waals surface area contributed by atoms with Gasteiger partial charge in [0.1, 0.15) is 16.9 Å². The fourth-order valence-electron chi connectivity index (χ4n) is 4.03. The summed E-state index contributed by atoms with van der Waals surface area (Å²) < 4.78 is 24.0. The molecule has 1 fully saturated rings. The van der Waals surface area contributed by atoms with Crippen LogP contribution in [0.25, 0.3) is 11.3 Å². The summed E-state index contributed by atoms with van der Waals surface area (Å²) in [5.41, 5.74) is 3.57. The standard InChI is InChI=1S/C22H26ClFN6O2/c1-5-8-30-22(31)21(23)18(10-26-30)29-11-16(24)19(12-29)32-15-6-7-25-17(9-15)20-13(2)27-28(4)14(20)3/h6-7,9-10,16,19H,5,8,11-12H2,1-4H3/t16-,19-/m0/s1. The second-order valence-corrected chi connectivity index (χ2v) is 8.37. The van der Waals surface area contributed by atoms with Crippen molar-refractivity contribution in [1.82, 2.24) is 24.5 Å². The predicted octanol–water partition coefficient (Wildman–Crippen LogP) is 3.32. The first-order valence-electron chi connectivity index (χ1n) is 10.6. The number of hydrogen-bond acceptors (Lipinski definition) is 6. The number of rotatable bonds is 6. The summed E-state index contributed by atoms with van der Waals surface area (Å²) in [6, 6.07) is 3.51. The molecule has 170 valence electrons. The molecule has 4 heterocycles. The third-order valence-electron chi connectivity index (χ3n) is 5.73. The van der Waals surface area contributed by atoms with Gasteiger partial charge in [0.05, 0.1) is 36.4 Å². The summed E-state index contributed by atoms with van der Waals surface area (Å²) in [6.07, 6.45) is 1.97. The number of aromatic nitrogens is 5. The van der Waals surface area contributed by atoms with Gasteiger partial charge in [0.25, 0.3) is 5.56 Å². The van der Waals surface area contributed by atoms with Gasteiger partial charge in [0.2, 0.25) is 0 Å². The van der Waals surface area contributed by atoms with Gasteiger partial charge < -0.3 is 9.64 Å². The lowest BCUT2D eigenvalue weighted by Gasteiger charge is -2.19. The Kier molecular flexibility index (Phi) is 6.19. The third kappa shape index (κ3) is 4.09. The molecule has 8 nitrogen and oxygen atoms in total. The molecule has 32 heavy (non-hydrogen) atoms. The van der Waals surface area contributed by atoms with E-state index in [2.05, 4.69) is 15.2 Å². The van der Waals surface area contributed by atoms with Crippen LogP contribution < -0.4 is 15.2 Å². The summed E-state index contributed by atoms with van der Waals surface area (Å²) in [5.74, 6) is 0.523. The minimum Gasteiger partial charge on any atom is -0.485 e. The van der Waals surface area contributed by atoms with Crippen molar-refractivity contribution in [3.63, 3.8) is 0 Å². The average molecular weight is 461 g/mol. The quantitative estimate of drug-likeness (QED) is 0.561. The molecule has 1 aliphatic heterocycles. The molecule has 0 unspecified atom stereocenters. The van der Waals surface area contributed by atoms with Crippen molar-refractivity contribution in [2.75, 3.05) is 18.0 Å². The maximum Gasteiger partial charge on any atom is 0.287 e. The van der Waals surface area contributed by atoms with Gasteiger partial charge in [0, 0.05) is 37.1 Å². The molecule has 3 aromatic rings. The molecule has 0 radical (unpaired) electrons. The number of pyridine rings is 1. The average Bonchev–Trinajstić information content (AvgIpc) is 3.24. The maximum atomic E-state index is 14.9. The predicted molar refractivity (Wildman–Crippen MR) is 121 cm³/mol. The zero-order valence-electron chi connectivity index (χ0n) is 18.5. The highest BCUT2D eigenvalue weighted by Gasteiger charge is 2.36. The zero-order chi connectivity index (χ0) is 23.0. The van der Waals surface area contributed by atoms with Gasteiger partial charge in [-0.1, -0.05) is 18.5 Å². The highest BCUT2D eigenvalue weighted by atomic mass is 35.5. The van der Waals surface area contributed by atoms with Crippen molar-refractivity contribution < 1.29 is 9.13 Å². The number of halogens is 2. The molecule has 0 N–H and O–H groups in total. The van der Waals surface area contributed by atoms with Crippen LogP contribution in [0.15, 0.2) is 29.3 Å². The van der Waals surface area contributed by atoms with Gasteiger partial charge in [-0.25, -0.2) is 9.07 Å². The van der Waals surface area contributed by atoms with Crippen molar-refractivity contribution in [3.05, 3.63) is 51.3 Å². The van der Waals surface area contributed by atoms with Gasteiger partial charge in [-0.2, -0.15) is 10.2 Å². The summed E-state index contributed by atoms with van der Waals surface area (Å²) in [4.78, 5) is 18.6. The van der Waals surface area contributed by atoms with E-state index >= 15 is 0 Å². The Bertz CT molecular complexity index is 1190. The molecule has 0 bridgehead atoms. The Morgan fingerprint density at radius 3 is 2.78 bits per heavy atom. The van der Waals surface area contributed by atoms with Crippen LogP contribution in [0.3, 0.4) is 0 Å². The number of alkyl halides is 1. The van der Waals surface area contributed by atoms with Gasteiger partial charge in [-0.05, 0) is 26.3 Å². The normalized spacial score (nSPS) is 18.4. The van der Waals surface area contributed by atoms with Gasteiger partial charge >= 0.3 is 0 Å². The number of nitrogens with zero attached hydrogens (tertiary/aromatic N) is 6. The number of aryl methyl sites for hydroxylation is 3. The highest BCUT2D eigenvalue weighted by Crippen LogP contribution is 2.31. The van der Waals surface area contributed by atoms with E-state index < -0.39 is 12.3 Å². The Morgan fingerprint density at radius 1 is 1.31 bits per heavy atom. The molecule has 4 rings (SSSR count). The van der Waals surface area contributed by atoms with Gasteiger partial charge in [-0.3, -0.25) is 14.5 Å². The number of ether oxygens (including phenoxy) is 1. The van der Waals surface area contributed by atoms with Crippen LogP contribution in [-0.4, -0.2) is 49.9 Å². The SMILES string of the molecule is CCCn1ncc(N2C[C@H](Oc3ccnc(-c4c(C)nn(C)c4C)c3)[C@@H](F)C2)c(Cl)c1=O. The molecule has 0 spiro atoms. The Balaban J connectivity index is 1.53. The van der Waals surface area contributed by atoms with Crippen LogP contribution in [0.5, 0.6) is 5.75 Å². The van der Waals surface area contributed by atoms with E-state index in [4.69, 9.17) is 16.3 Å². The lowest BCUT2D eigenvalue weighted by atomic mass is 10.1. The van der Waals surface area contributed by atoms with Crippen molar-refractivity contribution >= 4 is 17.3 Å². The first-order chi connectivity index (χ1) is 15.3. The smallest absolute Gasteiger partial charge is 0.287 e. The molecular weight excluding hydrogens is 435 g/mol. The van der Waals surface area contributed by atoms with E-state index in [1.54, 1.807) is 27.9 Å². The van der Waals surface area contributed by atoms with E-state index in [0.717, 1.165) is 29.1 Å². The van der Waals surface area contributed by atoms with E-state index in [1.807, 2.05) is 27.8 Å². The molecule has 0 aromatic carbocycles. The lowest BCUT2D eigenvalue weighted by molar-refractivity contribution is 0.140. The Labute approximate surface area is 190 Å². The van der Waals surface area contributed by atoms with Crippen LogP contribution in [0, 0.1) is 13.8 Å². The van der Waals surface area contributed by atoms with Crippen molar-refractivity contribution in [2.24, 2.45) is 7.05 Å². The molecule has 3 aromatic heterocycles. The van der Waals surface area contributed by atoms with Crippen molar-refractivity contribution in [1.29, 1.82) is 0 Å². The monoisotopic (exact) mass is 460 g/mol. The topological polar surface area (TPSA) is 78.1 Å². The summed E-state index contributed by atoms with van der Waals surface area (Å²) in [5, 5.41) is 8.65. The molecule has 1 saturated heterocycles. The first-order valence-corrected chi connectivity index (χ1v) is 11.0. The Hall–Kier alpha value is -2.94. The summed E-state index contributed by atoms with van der Waals surface area (Å²) in [7, 11) is 1.88. The van der Waals surface area contributed by atoms with E-state index in [9.17, 15) is 9.18 Å². The second-order valence-electron chi connectivity index (χ2n) is 8.00. The second kappa shape index (κ2) is 8.90. The molecule has 0 saturated carbocycles.